The van der Waals surface area contributed by atoms with Crippen LogP contribution in [0.5, 0.6) is 17.2 Å². The first-order chi connectivity index (χ1) is 12.8. The summed E-state index contributed by atoms with van der Waals surface area (Å²) in [6.45, 7) is 8.22. The monoisotopic (exact) mass is 489 g/mol. The summed E-state index contributed by atoms with van der Waals surface area (Å²) in [5.74, 6) is 3.26. The third-order valence-electron chi connectivity index (χ3n) is 5.22. The molecule has 4 rings (SSSR count). The van der Waals surface area contributed by atoms with Crippen LogP contribution in [0.15, 0.2) is 23.2 Å². The second-order valence-corrected chi connectivity index (χ2v) is 7.07. The molecular formula is C19H28IN3O4. The summed E-state index contributed by atoms with van der Waals surface area (Å²) in [6, 6.07) is 5.63. The van der Waals surface area contributed by atoms with Crippen molar-refractivity contribution in [2.24, 2.45) is 10.4 Å². The van der Waals surface area contributed by atoms with Gasteiger partial charge in [0.15, 0.2) is 17.5 Å². The number of likely N-dealkylation sites (tertiary alicyclic amines) is 1. The van der Waals surface area contributed by atoms with Gasteiger partial charge < -0.3 is 29.2 Å². The topological polar surface area (TPSA) is 64.6 Å². The zero-order valence-electron chi connectivity index (χ0n) is 15.7. The van der Waals surface area contributed by atoms with Crippen molar-refractivity contribution in [1.29, 1.82) is 0 Å². The molecule has 0 saturated carbocycles. The zero-order valence-corrected chi connectivity index (χ0v) is 18.1. The summed E-state index contributed by atoms with van der Waals surface area (Å²) >= 11 is 0. The minimum atomic E-state index is 0. The first kappa shape index (κ1) is 20.3. The van der Waals surface area contributed by atoms with Crippen molar-refractivity contribution < 1.29 is 18.9 Å². The summed E-state index contributed by atoms with van der Waals surface area (Å²) in [4.78, 5) is 7.11. The molecule has 0 radical (unpaired) electrons. The lowest BCUT2D eigenvalue weighted by Crippen LogP contribution is -2.41. The molecule has 3 aliphatic heterocycles. The minimum Gasteiger partial charge on any atom is -0.492 e. The summed E-state index contributed by atoms with van der Waals surface area (Å²) < 4.78 is 22.1. The van der Waals surface area contributed by atoms with Gasteiger partial charge in [0.2, 0.25) is 6.79 Å². The molecule has 27 heavy (non-hydrogen) atoms. The number of hydrogen-bond donors (Lipinski definition) is 1. The molecule has 3 aliphatic rings. The molecular weight excluding hydrogens is 461 g/mol. The summed E-state index contributed by atoms with van der Waals surface area (Å²) in [6.07, 6.45) is 2.35. The van der Waals surface area contributed by atoms with Gasteiger partial charge in [-0.25, -0.2) is 4.99 Å². The molecule has 150 valence electrons. The average molecular weight is 489 g/mol. The first-order valence-electron chi connectivity index (χ1n) is 9.41. The van der Waals surface area contributed by atoms with E-state index in [0.29, 0.717) is 18.6 Å². The molecule has 1 aromatic carbocycles. The van der Waals surface area contributed by atoms with Gasteiger partial charge in [0.05, 0.1) is 13.2 Å². The fraction of sp³-hybridized carbons (Fsp3) is 0.632. The highest BCUT2D eigenvalue weighted by Gasteiger charge is 2.42. The van der Waals surface area contributed by atoms with Crippen LogP contribution in [0, 0.1) is 5.41 Å². The highest BCUT2D eigenvalue weighted by molar-refractivity contribution is 14.0. The highest BCUT2D eigenvalue weighted by atomic mass is 127. The van der Waals surface area contributed by atoms with Crippen LogP contribution in [0.25, 0.3) is 0 Å². The lowest BCUT2D eigenvalue weighted by atomic mass is 9.87. The molecule has 0 aromatic heterocycles. The molecule has 7 nitrogen and oxygen atoms in total. The highest BCUT2D eigenvalue weighted by Crippen LogP contribution is 2.38. The third-order valence-corrected chi connectivity index (χ3v) is 5.22. The van der Waals surface area contributed by atoms with Crippen molar-refractivity contribution in [3.8, 4) is 17.2 Å². The molecule has 1 unspecified atom stereocenters. The average Bonchev–Trinajstić information content (AvgIpc) is 3.39. The Morgan fingerprint density at radius 1 is 1.30 bits per heavy atom. The van der Waals surface area contributed by atoms with E-state index in [2.05, 4.69) is 17.1 Å². The van der Waals surface area contributed by atoms with Gasteiger partial charge in [0.1, 0.15) is 12.4 Å². The zero-order chi connectivity index (χ0) is 17.8. The second kappa shape index (κ2) is 9.18. The molecule has 1 aromatic rings. The van der Waals surface area contributed by atoms with E-state index in [-0.39, 0.29) is 30.8 Å². The Morgan fingerprint density at radius 3 is 3.00 bits per heavy atom. The number of nitrogens with zero attached hydrogens (tertiary/aromatic N) is 2. The predicted octanol–water partition coefficient (Wildman–Crippen LogP) is 2.49. The normalized spacial score (nSPS) is 23.6. The molecule has 3 heterocycles. The fourth-order valence-electron chi connectivity index (χ4n) is 3.79. The van der Waals surface area contributed by atoms with E-state index in [1.165, 1.54) is 6.42 Å². The number of ether oxygens (including phenoxy) is 4. The van der Waals surface area contributed by atoms with Gasteiger partial charge in [0, 0.05) is 37.7 Å². The van der Waals surface area contributed by atoms with E-state index < -0.39 is 0 Å². The van der Waals surface area contributed by atoms with Gasteiger partial charge in [-0.3, -0.25) is 0 Å². The van der Waals surface area contributed by atoms with Gasteiger partial charge in [0.25, 0.3) is 0 Å². The van der Waals surface area contributed by atoms with E-state index in [9.17, 15) is 0 Å². The molecule has 0 bridgehead atoms. The van der Waals surface area contributed by atoms with Crippen molar-refractivity contribution >= 4 is 29.9 Å². The Labute approximate surface area is 177 Å². The summed E-state index contributed by atoms with van der Waals surface area (Å²) in [7, 11) is 0. The van der Waals surface area contributed by atoms with E-state index in [1.807, 2.05) is 18.2 Å². The standard InChI is InChI=1S/C19H27N3O4.HI/c1-2-20-18(22-8-5-19(12-22)6-9-23-13-19)21-7-10-24-15-3-4-16-17(11-15)26-14-25-16;/h3-4,11H,2,5-10,12-14H2,1H3,(H,20,21);1H. The van der Waals surface area contributed by atoms with Crippen molar-refractivity contribution in [2.75, 3.05) is 52.8 Å². The molecule has 8 heteroatoms. The van der Waals surface area contributed by atoms with Crippen LogP contribution in [-0.4, -0.2) is 63.7 Å². The minimum absolute atomic E-state index is 0. The Hall–Kier alpha value is -1.42. The Bertz CT molecular complexity index is 664. The van der Waals surface area contributed by atoms with Crippen LogP contribution in [0.1, 0.15) is 19.8 Å². The SMILES string of the molecule is CCNC(=NCCOc1ccc2c(c1)OCO2)N1CCC2(CCOC2)C1.I. The third kappa shape index (κ3) is 4.71. The molecule has 2 fully saturated rings. The van der Waals surface area contributed by atoms with Crippen molar-refractivity contribution in [3.63, 3.8) is 0 Å². The van der Waals surface area contributed by atoms with Gasteiger partial charge in [-0.2, -0.15) is 0 Å². The number of benzene rings is 1. The Kier molecular flexibility index (Phi) is 6.91. The molecule has 1 N–H and O–H groups in total. The molecule has 1 spiro atoms. The van der Waals surface area contributed by atoms with Gasteiger partial charge >= 0.3 is 0 Å². The van der Waals surface area contributed by atoms with Crippen LogP contribution in [0.4, 0.5) is 0 Å². The quantitative estimate of drug-likeness (QED) is 0.297. The van der Waals surface area contributed by atoms with Crippen molar-refractivity contribution in [3.05, 3.63) is 18.2 Å². The van der Waals surface area contributed by atoms with E-state index in [1.54, 1.807) is 0 Å². The second-order valence-electron chi connectivity index (χ2n) is 7.07. The number of fused-ring (bicyclic) bond motifs is 1. The lowest BCUT2D eigenvalue weighted by molar-refractivity contribution is 0.156. The van der Waals surface area contributed by atoms with Crippen LogP contribution < -0.4 is 19.5 Å². The predicted molar refractivity (Wildman–Crippen MR) is 114 cm³/mol. The Balaban J connectivity index is 0.00000210. The maximum Gasteiger partial charge on any atom is 0.231 e. The summed E-state index contributed by atoms with van der Waals surface area (Å²) in [5.41, 5.74) is 0.333. The number of rotatable bonds is 5. The molecule has 1 atom stereocenters. The first-order valence-corrected chi connectivity index (χ1v) is 9.41. The number of halogens is 1. The molecule has 2 saturated heterocycles. The Morgan fingerprint density at radius 2 is 2.19 bits per heavy atom. The maximum atomic E-state index is 5.81. The smallest absolute Gasteiger partial charge is 0.231 e. The molecule has 0 amide bonds. The van der Waals surface area contributed by atoms with Crippen molar-refractivity contribution in [1.82, 2.24) is 10.2 Å². The number of hydrogen-bond acceptors (Lipinski definition) is 5. The number of nitrogens with one attached hydrogen (secondary N) is 1. The van der Waals surface area contributed by atoms with Gasteiger partial charge in [-0.05, 0) is 31.9 Å². The van der Waals surface area contributed by atoms with E-state index in [4.69, 9.17) is 23.9 Å². The van der Waals surface area contributed by atoms with Crippen LogP contribution >= 0.6 is 24.0 Å². The van der Waals surface area contributed by atoms with E-state index >= 15 is 0 Å². The van der Waals surface area contributed by atoms with Crippen LogP contribution in [-0.2, 0) is 4.74 Å². The van der Waals surface area contributed by atoms with Gasteiger partial charge in [-0.15, -0.1) is 24.0 Å². The number of aliphatic imine (C=N–C) groups is 1. The lowest BCUT2D eigenvalue weighted by Gasteiger charge is -2.25. The van der Waals surface area contributed by atoms with Crippen LogP contribution in [0.3, 0.4) is 0 Å². The largest absolute Gasteiger partial charge is 0.492 e. The number of guanidine groups is 1. The van der Waals surface area contributed by atoms with E-state index in [0.717, 1.165) is 62.5 Å². The summed E-state index contributed by atoms with van der Waals surface area (Å²) in [5, 5.41) is 3.41. The molecule has 0 aliphatic carbocycles. The van der Waals surface area contributed by atoms with Crippen LogP contribution in [0.2, 0.25) is 0 Å². The maximum absolute atomic E-state index is 5.81. The fourth-order valence-corrected chi connectivity index (χ4v) is 3.79. The van der Waals surface area contributed by atoms with Gasteiger partial charge in [-0.1, -0.05) is 0 Å². The van der Waals surface area contributed by atoms with Crippen molar-refractivity contribution in [2.45, 2.75) is 19.8 Å².